The number of carboxylic acid groups (broad SMARTS) is 1. The van der Waals surface area contributed by atoms with Crippen molar-refractivity contribution in [3.8, 4) is 0 Å². The summed E-state index contributed by atoms with van der Waals surface area (Å²) in [7, 11) is 0. The molecule has 6 nitrogen and oxygen atoms in total. The van der Waals surface area contributed by atoms with Crippen molar-refractivity contribution in [2.24, 2.45) is 0 Å². The lowest BCUT2D eigenvalue weighted by molar-refractivity contribution is -0.148. The average Bonchev–Trinajstić information content (AvgIpc) is 2.67. The minimum atomic E-state index is -1.76. The van der Waals surface area contributed by atoms with Crippen LogP contribution in [0.25, 0.3) is 10.9 Å². The van der Waals surface area contributed by atoms with Crippen LogP contribution in [0.1, 0.15) is 27.9 Å². The van der Waals surface area contributed by atoms with E-state index in [4.69, 9.17) is 28.3 Å². The molecule has 3 aromatic rings. The molecule has 2 aromatic carbocycles. The van der Waals surface area contributed by atoms with Crippen molar-refractivity contribution >= 4 is 51.6 Å². The molecular weight excluding hydrogens is 424 g/mol. The summed E-state index contributed by atoms with van der Waals surface area (Å²) in [5, 5.41) is 8.97. The Kier molecular flexibility index (Phi) is 5.81. The standard InChI is InChI=1S/C20H12Cl2FNO5/c21-14-6-12-18(11(17(14)22)5-9-1-3-10(23)4-2-9)24-8-13(19(12)27)15(25)7-16(26)20(28)29/h1-4,6,8H,5,7H2,(H,24,27)(H,28,29). The van der Waals surface area contributed by atoms with E-state index in [9.17, 15) is 23.6 Å². The fourth-order valence-electron chi connectivity index (χ4n) is 2.87. The predicted octanol–water partition coefficient (Wildman–Crippen LogP) is 3.79. The van der Waals surface area contributed by atoms with Crippen LogP contribution in [0.2, 0.25) is 10.0 Å². The molecule has 0 spiro atoms. The number of carboxylic acids is 1. The molecule has 0 saturated heterocycles. The molecule has 1 heterocycles. The van der Waals surface area contributed by atoms with Crippen molar-refractivity contribution < 1.29 is 23.9 Å². The number of Topliss-reactive ketones (excluding diaryl/α,β-unsaturated/α-hetero) is 2. The number of hydrogen-bond acceptors (Lipinski definition) is 4. The maximum Gasteiger partial charge on any atom is 0.372 e. The van der Waals surface area contributed by atoms with Gasteiger partial charge in [0.1, 0.15) is 5.82 Å². The first kappa shape index (κ1) is 20.7. The molecule has 0 radical (unpaired) electrons. The Bertz CT molecular complexity index is 1220. The number of hydrogen-bond donors (Lipinski definition) is 2. The first-order valence-electron chi connectivity index (χ1n) is 8.25. The molecule has 0 aliphatic heterocycles. The highest BCUT2D eigenvalue weighted by Crippen LogP contribution is 2.33. The van der Waals surface area contributed by atoms with Gasteiger partial charge in [0.2, 0.25) is 5.78 Å². The summed E-state index contributed by atoms with van der Waals surface area (Å²) in [6.07, 6.45) is 0.408. The number of nitrogens with one attached hydrogen (secondary N) is 1. The minimum Gasteiger partial charge on any atom is -0.475 e. The van der Waals surface area contributed by atoms with Crippen LogP contribution in [0.15, 0.2) is 41.3 Å². The van der Waals surface area contributed by atoms with Crippen molar-refractivity contribution in [1.82, 2.24) is 4.98 Å². The number of H-pyrrole nitrogens is 1. The topological polar surface area (TPSA) is 104 Å². The molecule has 0 saturated carbocycles. The molecule has 148 valence electrons. The minimum absolute atomic E-state index is 0.0603. The van der Waals surface area contributed by atoms with Crippen molar-refractivity contribution in [3.05, 3.63) is 79.3 Å². The summed E-state index contributed by atoms with van der Waals surface area (Å²) >= 11 is 12.5. The average molecular weight is 436 g/mol. The zero-order valence-electron chi connectivity index (χ0n) is 14.6. The largest absolute Gasteiger partial charge is 0.475 e. The molecule has 0 bridgehead atoms. The van der Waals surface area contributed by atoms with Crippen LogP contribution in [-0.2, 0) is 16.0 Å². The molecular formula is C20H12Cl2FNO5. The highest BCUT2D eigenvalue weighted by Gasteiger charge is 2.22. The van der Waals surface area contributed by atoms with E-state index in [1.54, 1.807) is 12.1 Å². The fourth-order valence-corrected chi connectivity index (χ4v) is 3.31. The Hall–Kier alpha value is -3.03. The van der Waals surface area contributed by atoms with E-state index in [1.807, 2.05) is 0 Å². The Balaban J connectivity index is 2.11. The summed E-state index contributed by atoms with van der Waals surface area (Å²) in [6.45, 7) is 0. The maximum absolute atomic E-state index is 13.1. The van der Waals surface area contributed by atoms with Gasteiger partial charge in [0, 0.05) is 23.6 Å². The fraction of sp³-hybridized carbons (Fsp3) is 0.100. The number of benzene rings is 2. The SMILES string of the molecule is O=C(O)C(=O)CC(=O)c1c[nH]c2c(Cc3ccc(F)cc3)c(Cl)c(Cl)cc2c1=O. The lowest BCUT2D eigenvalue weighted by atomic mass is 9.99. The van der Waals surface area contributed by atoms with Gasteiger partial charge in [0.25, 0.3) is 0 Å². The smallest absolute Gasteiger partial charge is 0.372 e. The van der Waals surface area contributed by atoms with Crippen LogP contribution in [0.5, 0.6) is 0 Å². The summed E-state index contributed by atoms with van der Waals surface area (Å²) < 4.78 is 13.1. The highest BCUT2D eigenvalue weighted by molar-refractivity contribution is 6.43. The summed E-state index contributed by atoms with van der Waals surface area (Å²) in [4.78, 5) is 49.7. The van der Waals surface area contributed by atoms with Gasteiger partial charge in [-0.05, 0) is 23.8 Å². The Morgan fingerprint density at radius 2 is 1.76 bits per heavy atom. The van der Waals surface area contributed by atoms with E-state index in [0.717, 1.165) is 6.20 Å². The molecule has 0 aliphatic rings. The summed E-state index contributed by atoms with van der Waals surface area (Å²) in [6, 6.07) is 6.99. The van der Waals surface area contributed by atoms with Crippen LogP contribution in [0.3, 0.4) is 0 Å². The van der Waals surface area contributed by atoms with Crippen LogP contribution in [0.4, 0.5) is 4.39 Å². The Morgan fingerprint density at radius 1 is 1.10 bits per heavy atom. The zero-order chi connectivity index (χ0) is 21.3. The molecule has 0 atom stereocenters. The third kappa shape index (κ3) is 4.21. The molecule has 1 aromatic heterocycles. The maximum atomic E-state index is 13.1. The van der Waals surface area contributed by atoms with Crippen molar-refractivity contribution in [2.75, 3.05) is 0 Å². The first-order valence-corrected chi connectivity index (χ1v) is 9.00. The van der Waals surface area contributed by atoms with Crippen molar-refractivity contribution in [1.29, 1.82) is 0 Å². The van der Waals surface area contributed by atoms with Gasteiger partial charge in [-0.3, -0.25) is 14.4 Å². The number of ketones is 2. The van der Waals surface area contributed by atoms with Gasteiger partial charge in [-0.15, -0.1) is 0 Å². The number of fused-ring (bicyclic) bond motifs is 1. The number of aromatic nitrogens is 1. The molecule has 0 fully saturated rings. The first-order chi connectivity index (χ1) is 13.7. The van der Waals surface area contributed by atoms with Crippen LogP contribution in [0, 0.1) is 5.82 Å². The van der Waals surface area contributed by atoms with E-state index in [0.29, 0.717) is 16.6 Å². The van der Waals surface area contributed by atoms with E-state index in [1.165, 1.54) is 18.2 Å². The highest BCUT2D eigenvalue weighted by atomic mass is 35.5. The molecule has 3 rings (SSSR count). The quantitative estimate of drug-likeness (QED) is 0.348. The van der Waals surface area contributed by atoms with E-state index < -0.39 is 35.2 Å². The van der Waals surface area contributed by atoms with Gasteiger partial charge in [-0.1, -0.05) is 35.3 Å². The van der Waals surface area contributed by atoms with Gasteiger partial charge in [-0.25, -0.2) is 9.18 Å². The van der Waals surface area contributed by atoms with Gasteiger partial charge in [-0.2, -0.15) is 0 Å². The Morgan fingerprint density at radius 3 is 2.38 bits per heavy atom. The van der Waals surface area contributed by atoms with Crippen molar-refractivity contribution in [3.63, 3.8) is 0 Å². The van der Waals surface area contributed by atoms with Gasteiger partial charge >= 0.3 is 5.97 Å². The molecule has 2 N–H and O–H groups in total. The Labute approximate surface area is 172 Å². The lowest BCUT2D eigenvalue weighted by Gasteiger charge is -2.12. The number of carbonyl (C=O) groups excluding carboxylic acids is 2. The predicted molar refractivity (Wildman–Crippen MR) is 105 cm³/mol. The number of carbonyl (C=O) groups is 3. The van der Waals surface area contributed by atoms with Gasteiger partial charge in [0.15, 0.2) is 11.2 Å². The molecule has 0 aliphatic carbocycles. The molecule has 0 unspecified atom stereocenters. The van der Waals surface area contributed by atoms with Gasteiger partial charge in [0.05, 0.1) is 27.5 Å². The third-order valence-electron chi connectivity index (χ3n) is 4.32. The van der Waals surface area contributed by atoms with Crippen LogP contribution >= 0.6 is 23.2 Å². The number of pyridine rings is 1. The second-order valence-electron chi connectivity index (χ2n) is 6.24. The second-order valence-corrected chi connectivity index (χ2v) is 7.02. The van der Waals surface area contributed by atoms with Crippen LogP contribution in [-0.4, -0.2) is 27.6 Å². The van der Waals surface area contributed by atoms with Crippen molar-refractivity contribution in [2.45, 2.75) is 12.8 Å². The summed E-state index contributed by atoms with van der Waals surface area (Å²) in [5.74, 6) is -4.40. The monoisotopic (exact) mass is 435 g/mol. The normalized spacial score (nSPS) is 10.9. The molecule has 29 heavy (non-hydrogen) atoms. The number of aliphatic carboxylic acids is 1. The number of aromatic amines is 1. The van der Waals surface area contributed by atoms with E-state index >= 15 is 0 Å². The zero-order valence-corrected chi connectivity index (χ0v) is 16.1. The second kappa shape index (κ2) is 8.14. The van der Waals surface area contributed by atoms with E-state index in [-0.39, 0.29) is 27.4 Å². The number of rotatable bonds is 6. The molecule has 9 heteroatoms. The molecule has 0 amide bonds. The summed E-state index contributed by atoms with van der Waals surface area (Å²) in [5.41, 5.74) is 0.442. The lowest BCUT2D eigenvalue weighted by Crippen LogP contribution is -2.22. The number of halogens is 3. The van der Waals surface area contributed by atoms with Gasteiger partial charge < -0.3 is 10.1 Å². The third-order valence-corrected chi connectivity index (χ3v) is 5.15. The van der Waals surface area contributed by atoms with E-state index in [2.05, 4.69) is 4.98 Å². The van der Waals surface area contributed by atoms with Crippen LogP contribution < -0.4 is 5.43 Å².